The second kappa shape index (κ2) is 4.64. The minimum atomic E-state index is -0.386. The van der Waals surface area contributed by atoms with Crippen LogP contribution in [-0.4, -0.2) is 24.4 Å². The van der Waals surface area contributed by atoms with Crippen LogP contribution in [0.5, 0.6) is 0 Å². The summed E-state index contributed by atoms with van der Waals surface area (Å²) >= 11 is 0. The van der Waals surface area contributed by atoms with E-state index in [-0.39, 0.29) is 23.3 Å². The van der Waals surface area contributed by atoms with E-state index >= 15 is 0 Å². The highest BCUT2D eigenvalue weighted by Gasteiger charge is 2.25. The smallest absolute Gasteiger partial charge is 0.225 e. The van der Waals surface area contributed by atoms with Gasteiger partial charge in [0.25, 0.3) is 0 Å². The van der Waals surface area contributed by atoms with Crippen molar-refractivity contribution in [3.05, 3.63) is 0 Å². The second-order valence-electron chi connectivity index (χ2n) is 5.12. The monoisotopic (exact) mass is 212 g/mol. The molecule has 2 amide bonds. The van der Waals surface area contributed by atoms with Crippen LogP contribution in [-0.2, 0) is 9.59 Å². The molecule has 0 aromatic carbocycles. The van der Waals surface area contributed by atoms with Gasteiger partial charge < -0.3 is 10.6 Å². The Kier molecular flexibility index (Phi) is 3.72. The first-order valence-corrected chi connectivity index (χ1v) is 5.47. The van der Waals surface area contributed by atoms with Crippen LogP contribution in [0.25, 0.3) is 0 Å². The Morgan fingerprint density at radius 1 is 1.47 bits per heavy atom. The van der Waals surface area contributed by atoms with Crippen molar-refractivity contribution in [3.63, 3.8) is 0 Å². The molecule has 0 bridgehead atoms. The maximum absolute atomic E-state index is 11.7. The van der Waals surface area contributed by atoms with Crippen molar-refractivity contribution in [2.75, 3.05) is 6.54 Å². The predicted molar refractivity (Wildman–Crippen MR) is 58.2 cm³/mol. The molecule has 0 unspecified atom stereocenters. The first-order valence-electron chi connectivity index (χ1n) is 5.47. The number of hydrogen-bond acceptors (Lipinski definition) is 2. The minimum absolute atomic E-state index is 0.000718. The van der Waals surface area contributed by atoms with Crippen molar-refractivity contribution < 1.29 is 9.59 Å². The number of nitrogens with one attached hydrogen (secondary N) is 2. The van der Waals surface area contributed by atoms with Crippen molar-refractivity contribution in [2.45, 2.75) is 46.1 Å². The largest absolute Gasteiger partial charge is 0.356 e. The number of hydrogen-bond donors (Lipinski definition) is 2. The van der Waals surface area contributed by atoms with Crippen molar-refractivity contribution >= 4 is 11.8 Å². The van der Waals surface area contributed by atoms with Crippen molar-refractivity contribution in [3.8, 4) is 0 Å². The van der Waals surface area contributed by atoms with Crippen molar-refractivity contribution in [1.29, 1.82) is 0 Å². The molecule has 0 aromatic heterocycles. The maximum atomic E-state index is 11.7. The molecule has 0 aromatic rings. The Balaban J connectivity index is 2.50. The third-order valence-electron chi connectivity index (χ3n) is 2.50. The van der Waals surface area contributed by atoms with Crippen LogP contribution < -0.4 is 10.6 Å². The normalized spacial score (nSPS) is 22.9. The first kappa shape index (κ1) is 12.0. The van der Waals surface area contributed by atoms with Gasteiger partial charge in [0.2, 0.25) is 11.8 Å². The summed E-state index contributed by atoms with van der Waals surface area (Å²) in [5.74, 6) is 0.0499. The number of amides is 2. The quantitative estimate of drug-likeness (QED) is 0.676. The van der Waals surface area contributed by atoms with E-state index in [2.05, 4.69) is 10.6 Å². The lowest BCUT2D eigenvalue weighted by atomic mass is 9.94. The van der Waals surface area contributed by atoms with Gasteiger partial charge in [0.05, 0.1) is 0 Å². The summed E-state index contributed by atoms with van der Waals surface area (Å²) in [5.41, 5.74) is -0.386. The highest BCUT2D eigenvalue weighted by atomic mass is 16.2. The molecule has 15 heavy (non-hydrogen) atoms. The van der Waals surface area contributed by atoms with Crippen LogP contribution >= 0.6 is 0 Å². The van der Waals surface area contributed by atoms with Crippen LogP contribution in [0.15, 0.2) is 0 Å². The number of carbonyl (C=O) groups excluding carboxylic acids is 2. The fourth-order valence-corrected chi connectivity index (χ4v) is 1.50. The second-order valence-corrected chi connectivity index (χ2v) is 5.12. The van der Waals surface area contributed by atoms with E-state index in [0.717, 1.165) is 19.4 Å². The summed E-state index contributed by atoms with van der Waals surface area (Å²) < 4.78 is 0. The molecule has 0 spiro atoms. The SMILES string of the molecule is CC(C)(C)C(=O)N[C@H]1CCCNC(=O)C1. The van der Waals surface area contributed by atoms with Gasteiger partial charge in [-0.25, -0.2) is 0 Å². The van der Waals surface area contributed by atoms with Gasteiger partial charge in [-0.3, -0.25) is 9.59 Å². The molecular formula is C11H20N2O2. The predicted octanol–water partition coefficient (Wildman–Crippen LogP) is 0.817. The van der Waals surface area contributed by atoms with Crippen LogP contribution in [0.2, 0.25) is 0 Å². The van der Waals surface area contributed by atoms with Crippen LogP contribution in [0, 0.1) is 5.41 Å². The lowest BCUT2D eigenvalue weighted by Crippen LogP contribution is -2.42. The maximum Gasteiger partial charge on any atom is 0.225 e. The minimum Gasteiger partial charge on any atom is -0.356 e. The summed E-state index contributed by atoms with van der Waals surface area (Å²) in [6.45, 7) is 6.35. The number of carbonyl (C=O) groups is 2. The van der Waals surface area contributed by atoms with Crippen LogP contribution in [0.3, 0.4) is 0 Å². The average Bonchev–Trinajstić information content (AvgIpc) is 2.28. The van der Waals surface area contributed by atoms with E-state index in [1.807, 2.05) is 20.8 Å². The zero-order chi connectivity index (χ0) is 11.5. The van der Waals surface area contributed by atoms with Gasteiger partial charge in [-0.1, -0.05) is 20.8 Å². The van der Waals surface area contributed by atoms with E-state index in [1.165, 1.54) is 0 Å². The van der Waals surface area contributed by atoms with Gasteiger partial charge in [-0.15, -0.1) is 0 Å². The molecular weight excluding hydrogens is 192 g/mol. The molecule has 86 valence electrons. The molecule has 4 nitrogen and oxygen atoms in total. The number of rotatable bonds is 1. The van der Waals surface area contributed by atoms with E-state index < -0.39 is 0 Å². The standard InChI is InChI=1S/C11H20N2O2/c1-11(2,3)10(15)13-8-5-4-6-12-9(14)7-8/h8H,4-7H2,1-3H3,(H,12,14)(H,13,15)/t8-/m0/s1. The highest BCUT2D eigenvalue weighted by Crippen LogP contribution is 2.15. The molecule has 1 rings (SSSR count). The molecule has 0 saturated carbocycles. The Labute approximate surface area is 90.8 Å². The molecule has 4 heteroatoms. The van der Waals surface area contributed by atoms with E-state index in [9.17, 15) is 9.59 Å². The van der Waals surface area contributed by atoms with Gasteiger partial charge in [-0.05, 0) is 12.8 Å². The fraction of sp³-hybridized carbons (Fsp3) is 0.818. The molecule has 1 aliphatic heterocycles. The average molecular weight is 212 g/mol. The summed E-state index contributed by atoms with van der Waals surface area (Å²) in [4.78, 5) is 23.0. The molecule has 1 fully saturated rings. The van der Waals surface area contributed by atoms with Crippen LogP contribution in [0.4, 0.5) is 0 Å². The van der Waals surface area contributed by atoms with Gasteiger partial charge in [-0.2, -0.15) is 0 Å². The topological polar surface area (TPSA) is 58.2 Å². The summed E-state index contributed by atoms with van der Waals surface area (Å²) in [7, 11) is 0. The Morgan fingerprint density at radius 3 is 2.73 bits per heavy atom. The van der Waals surface area contributed by atoms with E-state index in [1.54, 1.807) is 0 Å². The van der Waals surface area contributed by atoms with Crippen molar-refractivity contribution in [2.24, 2.45) is 5.41 Å². The fourth-order valence-electron chi connectivity index (χ4n) is 1.50. The van der Waals surface area contributed by atoms with Gasteiger partial charge in [0.15, 0.2) is 0 Å². The molecule has 2 N–H and O–H groups in total. The third kappa shape index (κ3) is 3.90. The zero-order valence-corrected chi connectivity index (χ0v) is 9.72. The van der Waals surface area contributed by atoms with E-state index in [4.69, 9.17) is 0 Å². The molecule has 1 aliphatic rings. The molecule has 1 saturated heterocycles. The Hall–Kier alpha value is -1.06. The van der Waals surface area contributed by atoms with E-state index in [0.29, 0.717) is 6.42 Å². The highest BCUT2D eigenvalue weighted by molar-refractivity contribution is 5.83. The zero-order valence-electron chi connectivity index (χ0n) is 9.72. The Morgan fingerprint density at radius 2 is 2.13 bits per heavy atom. The molecule has 1 atom stereocenters. The van der Waals surface area contributed by atoms with Crippen molar-refractivity contribution in [1.82, 2.24) is 10.6 Å². The summed E-state index contributed by atoms with van der Waals surface area (Å²) in [6, 6.07) is -0.000718. The lowest BCUT2D eigenvalue weighted by Gasteiger charge is -2.22. The van der Waals surface area contributed by atoms with Gasteiger partial charge in [0, 0.05) is 24.4 Å². The summed E-state index contributed by atoms with van der Waals surface area (Å²) in [6.07, 6.45) is 2.21. The van der Waals surface area contributed by atoms with Gasteiger partial charge >= 0.3 is 0 Å². The summed E-state index contributed by atoms with van der Waals surface area (Å²) in [5, 5.41) is 5.73. The lowest BCUT2D eigenvalue weighted by molar-refractivity contribution is -0.129. The molecule has 0 aliphatic carbocycles. The Bertz CT molecular complexity index is 256. The van der Waals surface area contributed by atoms with Gasteiger partial charge in [0.1, 0.15) is 0 Å². The first-order chi connectivity index (χ1) is 6.89. The molecule has 1 heterocycles. The van der Waals surface area contributed by atoms with Crippen LogP contribution in [0.1, 0.15) is 40.0 Å². The third-order valence-corrected chi connectivity index (χ3v) is 2.50. The molecule has 0 radical (unpaired) electrons.